The van der Waals surface area contributed by atoms with Crippen molar-refractivity contribution in [2.45, 2.75) is 26.3 Å². The molecule has 4 rings (SSSR count). The Morgan fingerprint density at radius 1 is 1.11 bits per heavy atom. The van der Waals surface area contributed by atoms with Crippen LogP contribution >= 0.6 is 23.2 Å². The molecule has 35 heavy (non-hydrogen) atoms. The summed E-state index contributed by atoms with van der Waals surface area (Å²) in [4.78, 5) is 33.2. The average Bonchev–Trinajstić information content (AvgIpc) is 2.85. The lowest BCUT2D eigenvalue weighted by Gasteiger charge is -2.30. The van der Waals surface area contributed by atoms with Crippen molar-refractivity contribution in [2.75, 3.05) is 11.9 Å². The fourth-order valence-corrected chi connectivity index (χ4v) is 4.18. The van der Waals surface area contributed by atoms with E-state index in [0.717, 1.165) is 0 Å². The Morgan fingerprint density at radius 2 is 1.83 bits per heavy atom. The summed E-state index contributed by atoms with van der Waals surface area (Å²) < 4.78 is 15.3. The van der Waals surface area contributed by atoms with E-state index >= 15 is 0 Å². The Balaban J connectivity index is 1.83. The highest BCUT2D eigenvalue weighted by molar-refractivity contribution is 6.31. The second kappa shape index (κ2) is 10.5. The number of urea groups is 1. The quantitative estimate of drug-likeness (QED) is 0.307. The zero-order valence-corrected chi connectivity index (χ0v) is 20.6. The van der Waals surface area contributed by atoms with Gasteiger partial charge in [-0.25, -0.2) is 14.2 Å². The van der Waals surface area contributed by atoms with Crippen LogP contribution in [0.15, 0.2) is 71.5 Å². The Kier molecular flexibility index (Phi) is 7.38. The van der Waals surface area contributed by atoms with Crippen molar-refractivity contribution in [3.63, 3.8) is 0 Å². The largest absolute Gasteiger partial charge is 0.322 e. The zero-order chi connectivity index (χ0) is 25.1. The van der Waals surface area contributed by atoms with Gasteiger partial charge in [0.1, 0.15) is 11.6 Å². The van der Waals surface area contributed by atoms with E-state index < -0.39 is 11.9 Å². The molecule has 0 saturated heterocycles. The second-order valence-corrected chi connectivity index (χ2v) is 8.88. The maximum Gasteiger partial charge on any atom is 0.322 e. The van der Waals surface area contributed by atoms with Gasteiger partial charge in [0.2, 0.25) is 0 Å². The van der Waals surface area contributed by atoms with Crippen LogP contribution in [0.5, 0.6) is 0 Å². The molecule has 0 fully saturated rings. The fourth-order valence-electron chi connectivity index (χ4n) is 3.88. The van der Waals surface area contributed by atoms with E-state index in [2.05, 4.69) is 5.32 Å². The summed E-state index contributed by atoms with van der Waals surface area (Å²) in [7, 11) is 0. The number of fused-ring (bicyclic) bond motifs is 1. The van der Waals surface area contributed by atoms with Gasteiger partial charge in [0.25, 0.3) is 5.56 Å². The van der Waals surface area contributed by atoms with Gasteiger partial charge in [-0.15, -0.1) is 0 Å². The van der Waals surface area contributed by atoms with Gasteiger partial charge in [-0.2, -0.15) is 0 Å². The summed E-state index contributed by atoms with van der Waals surface area (Å²) in [5.41, 5.74) is 1.10. The van der Waals surface area contributed by atoms with E-state index in [4.69, 9.17) is 28.2 Å². The molecule has 180 valence electrons. The summed E-state index contributed by atoms with van der Waals surface area (Å²) in [6.07, 6.45) is 0.679. The lowest BCUT2D eigenvalue weighted by Crippen LogP contribution is -2.40. The standard InChI is InChI=1S/C26H23Cl2FN4O2/c1-3-14-32(26(35)30-18-10-8-17(27)9-11-18)16(2)24-31-23-7-5-4-6-20(23)25(34)33(24)19-12-13-22(29)21(28)15-19/h4-13,15-16H,3,14H2,1-2H3,(H,30,35). The van der Waals surface area contributed by atoms with E-state index in [-0.39, 0.29) is 16.6 Å². The van der Waals surface area contributed by atoms with Gasteiger partial charge >= 0.3 is 6.03 Å². The van der Waals surface area contributed by atoms with Crippen LogP contribution in [0.25, 0.3) is 16.6 Å². The molecule has 3 aromatic carbocycles. The summed E-state index contributed by atoms with van der Waals surface area (Å²) in [5.74, 6) is -0.266. The van der Waals surface area contributed by atoms with Crippen molar-refractivity contribution in [3.8, 4) is 5.69 Å². The monoisotopic (exact) mass is 512 g/mol. The molecule has 2 amide bonds. The first kappa shape index (κ1) is 24.7. The van der Waals surface area contributed by atoms with Crippen LogP contribution < -0.4 is 10.9 Å². The van der Waals surface area contributed by atoms with E-state index in [1.54, 1.807) is 60.4 Å². The molecule has 0 aliphatic rings. The van der Waals surface area contributed by atoms with E-state index in [1.807, 2.05) is 6.92 Å². The number of nitrogens with zero attached hydrogens (tertiary/aromatic N) is 3. The number of aromatic nitrogens is 2. The molecule has 1 N–H and O–H groups in total. The normalized spacial score (nSPS) is 11.9. The van der Waals surface area contributed by atoms with Crippen molar-refractivity contribution in [1.29, 1.82) is 0 Å². The van der Waals surface area contributed by atoms with Crippen LogP contribution in [0.3, 0.4) is 0 Å². The molecule has 0 radical (unpaired) electrons. The zero-order valence-electron chi connectivity index (χ0n) is 19.1. The van der Waals surface area contributed by atoms with E-state index in [1.165, 1.54) is 22.8 Å². The third kappa shape index (κ3) is 5.16. The third-order valence-corrected chi connectivity index (χ3v) is 6.17. The molecule has 1 aromatic heterocycles. The third-order valence-electron chi connectivity index (χ3n) is 5.63. The summed E-state index contributed by atoms with van der Waals surface area (Å²) in [5, 5.41) is 3.72. The lowest BCUT2D eigenvalue weighted by molar-refractivity contribution is 0.189. The Labute approximate surface area is 211 Å². The molecule has 0 aliphatic heterocycles. The Bertz CT molecular complexity index is 1440. The predicted molar refractivity (Wildman–Crippen MR) is 138 cm³/mol. The number of amides is 2. The van der Waals surface area contributed by atoms with Gasteiger partial charge in [0.15, 0.2) is 0 Å². The molecular formula is C26H23Cl2FN4O2. The second-order valence-electron chi connectivity index (χ2n) is 8.03. The van der Waals surface area contributed by atoms with Gasteiger partial charge in [-0.05, 0) is 67.9 Å². The van der Waals surface area contributed by atoms with Crippen LogP contribution in [0.4, 0.5) is 14.9 Å². The van der Waals surface area contributed by atoms with E-state index in [0.29, 0.717) is 46.1 Å². The number of anilines is 1. The highest BCUT2D eigenvalue weighted by atomic mass is 35.5. The molecule has 1 atom stereocenters. The lowest BCUT2D eigenvalue weighted by atomic mass is 10.1. The first-order valence-corrected chi connectivity index (χ1v) is 11.9. The van der Waals surface area contributed by atoms with Gasteiger partial charge in [-0.3, -0.25) is 9.36 Å². The Morgan fingerprint density at radius 3 is 2.51 bits per heavy atom. The van der Waals surface area contributed by atoms with E-state index in [9.17, 15) is 14.0 Å². The molecule has 0 spiro atoms. The van der Waals surface area contributed by atoms with Gasteiger partial charge in [0, 0.05) is 17.3 Å². The minimum Gasteiger partial charge on any atom is -0.315 e. The number of benzene rings is 3. The minimum absolute atomic E-state index is 0.118. The topological polar surface area (TPSA) is 67.2 Å². The van der Waals surface area contributed by atoms with Crippen LogP contribution in [0.2, 0.25) is 10.0 Å². The summed E-state index contributed by atoms with van der Waals surface area (Å²) in [6, 6.07) is 16.8. The maximum absolute atomic E-state index is 13.9. The Hall–Kier alpha value is -3.42. The average molecular weight is 513 g/mol. The molecule has 1 heterocycles. The smallest absolute Gasteiger partial charge is 0.315 e. The highest BCUT2D eigenvalue weighted by Gasteiger charge is 2.27. The molecule has 9 heteroatoms. The molecular weight excluding hydrogens is 490 g/mol. The number of nitrogens with one attached hydrogen (secondary N) is 1. The van der Waals surface area contributed by atoms with Gasteiger partial charge in [0.05, 0.1) is 27.7 Å². The number of halogens is 3. The van der Waals surface area contributed by atoms with Crippen molar-refractivity contribution >= 4 is 45.8 Å². The van der Waals surface area contributed by atoms with Gasteiger partial charge < -0.3 is 10.2 Å². The van der Waals surface area contributed by atoms with Crippen molar-refractivity contribution in [3.05, 3.63) is 98.8 Å². The van der Waals surface area contributed by atoms with Crippen LogP contribution in [-0.4, -0.2) is 27.0 Å². The van der Waals surface area contributed by atoms with Crippen LogP contribution in [0.1, 0.15) is 32.1 Å². The van der Waals surface area contributed by atoms with Crippen molar-refractivity contribution < 1.29 is 9.18 Å². The van der Waals surface area contributed by atoms with Gasteiger partial charge in [-0.1, -0.05) is 42.3 Å². The molecule has 1 unspecified atom stereocenters. The number of carbonyl (C=O) groups excluding carboxylic acids is 1. The molecule has 6 nitrogen and oxygen atoms in total. The number of carbonyl (C=O) groups is 1. The predicted octanol–water partition coefficient (Wildman–Crippen LogP) is 6.84. The van der Waals surface area contributed by atoms with Crippen molar-refractivity contribution in [2.24, 2.45) is 0 Å². The number of rotatable bonds is 6. The first-order valence-electron chi connectivity index (χ1n) is 11.1. The van der Waals surface area contributed by atoms with Crippen LogP contribution in [0, 0.1) is 5.82 Å². The molecule has 4 aromatic rings. The molecule has 0 bridgehead atoms. The number of hydrogen-bond donors (Lipinski definition) is 1. The SMILES string of the molecule is CCCN(C(=O)Nc1ccc(Cl)cc1)C(C)c1nc2ccccc2c(=O)n1-c1ccc(F)c(Cl)c1. The molecule has 0 aliphatic carbocycles. The first-order chi connectivity index (χ1) is 16.8. The summed E-state index contributed by atoms with van der Waals surface area (Å²) in [6.45, 7) is 4.17. The fraction of sp³-hybridized carbons (Fsp3) is 0.192. The summed E-state index contributed by atoms with van der Waals surface area (Å²) >= 11 is 12.0. The van der Waals surface area contributed by atoms with Crippen molar-refractivity contribution in [1.82, 2.24) is 14.5 Å². The highest BCUT2D eigenvalue weighted by Crippen LogP contribution is 2.26. The minimum atomic E-state index is -0.608. The molecule has 0 saturated carbocycles. The number of para-hydroxylation sites is 1. The van der Waals surface area contributed by atoms with Crippen LogP contribution in [-0.2, 0) is 0 Å². The number of hydrogen-bond acceptors (Lipinski definition) is 3. The maximum atomic E-state index is 13.9.